The van der Waals surface area contributed by atoms with Crippen molar-refractivity contribution in [3.05, 3.63) is 62.0 Å². The molecule has 0 heterocycles. The van der Waals surface area contributed by atoms with Crippen LogP contribution in [0.25, 0.3) is 0 Å². The summed E-state index contributed by atoms with van der Waals surface area (Å²) in [4.78, 5) is 12.2. The second kappa shape index (κ2) is 5.88. The highest BCUT2D eigenvalue weighted by Crippen LogP contribution is 2.23. The van der Waals surface area contributed by atoms with E-state index in [1.165, 1.54) is 0 Å². The number of hydrogen-bond acceptors (Lipinski definition) is 1. The summed E-state index contributed by atoms with van der Waals surface area (Å²) in [6.45, 7) is 3.93. The maximum absolute atomic E-state index is 12.2. The molecule has 0 aliphatic carbocycles. The molecule has 2 aromatic rings. The molecule has 0 unspecified atom stereocenters. The van der Waals surface area contributed by atoms with E-state index in [4.69, 9.17) is 0 Å². The minimum Gasteiger partial charge on any atom is -0.322 e. The Balaban J connectivity index is 2.26. The highest BCUT2D eigenvalue weighted by Gasteiger charge is 2.11. The zero-order valence-corrected chi connectivity index (χ0v) is 13.8. The molecule has 98 valence electrons. The van der Waals surface area contributed by atoms with Crippen molar-refractivity contribution < 1.29 is 4.79 Å². The fraction of sp³-hybridized carbons (Fsp3) is 0.133. The highest BCUT2D eigenvalue weighted by molar-refractivity contribution is 9.10. The Morgan fingerprint density at radius 3 is 2.47 bits per heavy atom. The molecular weight excluding hydrogens is 370 g/mol. The van der Waals surface area contributed by atoms with Crippen LogP contribution < -0.4 is 5.32 Å². The van der Waals surface area contributed by atoms with Crippen LogP contribution in [0.3, 0.4) is 0 Å². The van der Waals surface area contributed by atoms with Crippen LogP contribution in [0.1, 0.15) is 21.5 Å². The summed E-state index contributed by atoms with van der Waals surface area (Å²) in [5, 5.41) is 2.90. The van der Waals surface area contributed by atoms with Crippen LogP contribution in [-0.4, -0.2) is 5.91 Å². The number of nitrogens with one attached hydrogen (secondary N) is 1. The first kappa shape index (κ1) is 14.3. The fourth-order valence-corrected chi connectivity index (χ4v) is 2.47. The van der Waals surface area contributed by atoms with Gasteiger partial charge in [0, 0.05) is 20.2 Å². The Hall–Kier alpha value is -1.13. The number of benzene rings is 2. The summed E-state index contributed by atoms with van der Waals surface area (Å²) in [6, 6.07) is 11.4. The SMILES string of the molecule is Cc1ccc(NC(=O)c2cccc(Br)c2C)cc1Br. The van der Waals surface area contributed by atoms with Crippen molar-refractivity contribution in [2.45, 2.75) is 13.8 Å². The molecule has 0 spiro atoms. The lowest BCUT2D eigenvalue weighted by molar-refractivity contribution is 0.102. The fourth-order valence-electron chi connectivity index (χ4n) is 1.72. The second-order valence-electron chi connectivity index (χ2n) is 4.33. The smallest absolute Gasteiger partial charge is 0.255 e. The molecule has 0 aliphatic rings. The van der Waals surface area contributed by atoms with E-state index in [1.807, 2.05) is 50.2 Å². The number of rotatable bonds is 2. The lowest BCUT2D eigenvalue weighted by atomic mass is 10.1. The van der Waals surface area contributed by atoms with Crippen LogP contribution >= 0.6 is 31.9 Å². The number of halogens is 2. The largest absolute Gasteiger partial charge is 0.322 e. The van der Waals surface area contributed by atoms with E-state index >= 15 is 0 Å². The quantitative estimate of drug-likeness (QED) is 0.770. The first-order chi connectivity index (χ1) is 8.99. The molecule has 2 aromatic carbocycles. The summed E-state index contributed by atoms with van der Waals surface area (Å²) >= 11 is 6.89. The number of carbonyl (C=O) groups is 1. The van der Waals surface area contributed by atoms with Gasteiger partial charge in [0.2, 0.25) is 0 Å². The molecule has 0 aromatic heterocycles. The Morgan fingerprint density at radius 1 is 1.05 bits per heavy atom. The monoisotopic (exact) mass is 381 g/mol. The molecule has 1 N–H and O–H groups in total. The minimum absolute atomic E-state index is 0.102. The topological polar surface area (TPSA) is 29.1 Å². The Kier molecular flexibility index (Phi) is 4.42. The van der Waals surface area contributed by atoms with Crippen molar-refractivity contribution in [2.75, 3.05) is 5.32 Å². The van der Waals surface area contributed by atoms with Gasteiger partial charge in [-0.1, -0.05) is 44.0 Å². The molecule has 0 bridgehead atoms. The van der Waals surface area contributed by atoms with Gasteiger partial charge in [0.05, 0.1) is 0 Å². The summed E-state index contributed by atoms with van der Waals surface area (Å²) in [6.07, 6.45) is 0. The van der Waals surface area contributed by atoms with Crippen LogP contribution in [-0.2, 0) is 0 Å². The second-order valence-corrected chi connectivity index (χ2v) is 6.04. The summed E-state index contributed by atoms with van der Waals surface area (Å²) < 4.78 is 1.92. The molecule has 19 heavy (non-hydrogen) atoms. The maximum atomic E-state index is 12.2. The molecule has 0 fully saturated rings. The number of hydrogen-bond donors (Lipinski definition) is 1. The minimum atomic E-state index is -0.102. The van der Waals surface area contributed by atoms with Gasteiger partial charge in [-0.2, -0.15) is 0 Å². The van der Waals surface area contributed by atoms with Gasteiger partial charge in [0.1, 0.15) is 0 Å². The molecule has 4 heteroatoms. The molecule has 0 atom stereocenters. The van der Waals surface area contributed by atoms with Crippen LogP contribution in [0.4, 0.5) is 5.69 Å². The molecular formula is C15H13Br2NO. The Labute approximate surface area is 129 Å². The number of aryl methyl sites for hydroxylation is 1. The van der Waals surface area contributed by atoms with Crippen LogP contribution in [0.2, 0.25) is 0 Å². The highest BCUT2D eigenvalue weighted by atomic mass is 79.9. The lowest BCUT2D eigenvalue weighted by Gasteiger charge is -2.10. The standard InChI is InChI=1S/C15H13Br2NO/c1-9-6-7-11(8-14(9)17)18-15(19)12-4-3-5-13(16)10(12)2/h3-8H,1-2H3,(H,18,19). The Bertz CT molecular complexity index is 638. The zero-order chi connectivity index (χ0) is 14.0. The van der Waals surface area contributed by atoms with Gasteiger partial charge < -0.3 is 5.32 Å². The van der Waals surface area contributed by atoms with Crippen molar-refractivity contribution in [2.24, 2.45) is 0 Å². The van der Waals surface area contributed by atoms with Crippen LogP contribution in [0, 0.1) is 13.8 Å². The van der Waals surface area contributed by atoms with Crippen molar-refractivity contribution >= 4 is 43.5 Å². The summed E-state index contributed by atoms with van der Waals surface area (Å²) in [5.74, 6) is -0.102. The van der Waals surface area contributed by atoms with E-state index in [0.717, 1.165) is 25.8 Å². The Morgan fingerprint density at radius 2 is 1.79 bits per heavy atom. The number of carbonyl (C=O) groups excluding carboxylic acids is 1. The lowest BCUT2D eigenvalue weighted by Crippen LogP contribution is -2.13. The van der Waals surface area contributed by atoms with E-state index in [9.17, 15) is 4.79 Å². The van der Waals surface area contributed by atoms with Gasteiger partial charge in [-0.3, -0.25) is 4.79 Å². The number of amides is 1. The molecule has 2 rings (SSSR count). The first-order valence-electron chi connectivity index (χ1n) is 5.81. The first-order valence-corrected chi connectivity index (χ1v) is 7.40. The predicted octanol–water partition coefficient (Wildman–Crippen LogP) is 5.08. The van der Waals surface area contributed by atoms with Crippen LogP contribution in [0.5, 0.6) is 0 Å². The van der Waals surface area contributed by atoms with Gasteiger partial charge in [0.15, 0.2) is 0 Å². The van der Waals surface area contributed by atoms with Gasteiger partial charge in [-0.05, 0) is 49.2 Å². The van der Waals surface area contributed by atoms with E-state index in [2.05, 4.69) is 37.2 Å². The molecule has 0 saturated carbocycles. The van der Waals surface area contributed by atoms with Crippen molar-refractivity contribution in [1.82, 2.24) is 0 Å². The van der Waals surface area contributed by atoms with E-state index in [-0.39, 0.29) is 5.91 Å². The average Bonchev–Trinajstić information content (AvgIpc) is 2.37. The van der Waals surface area contributed by atoms with Gasteiger partial charge in [-0.25, -0.2) is 0 Å². The van der Waals surface area contributed by atoms with Crippen molar-refractivity contribution in [1.29, 1.82) is 0 Å². The van der Waals surface area contributed by atoms with Crippen LogP contribution in [0.15, 0.2) is 45.3 Å². The van der Waals surface area contributed by atoms with Crippen molar-refractivity contribution in [3.63, 3.8) is 0 Å². The summed E-state index contributed by atoms with van der Waals surface area (Å²) in [5.41, 5.74) is 3.52. The van der Waals surface area contributed by atoms with Gasteiger partial charge in [0.25, 0.3) is 5.91 Å². The predicted molar refractivity (Wildman–Crippen MR) is 85.7 cm³/mol. The third-order valence-electron chi connectivity index (χ3n) is 2.94. The van der Waals surface area contributed by atoms with E-state index < -0.39 is 0 Å². The van der Waals surface area contributed by atoms with Gasteiger partial charge in [-0.15, -0.1) is 0 Å². The third kappa shape index (κ3) is 3.25. The normalized spacial score (nSPS) is 10.3. The third-order valence-corrected chi connectivity index (χ3v) is 4.66. The van der Waals surface area contributed by atoms with E-state index in [1.54, 1.807) is 0 Å². The molecule has 1 amide bonds. The maximum Gasteiger partial charge on any atom is 0.255 e. The zero-order valence-electron chi connectivity index (χ0n) is 10.6. The molecule has 0 saturated heterocycles. The molecule has 0 aliphatic heterocycles. The molecule has 2 nitrogen and oxygen atoms in total. The number of anilines is 1. The van der Waals surface area contributed by atoms with E-state index in [0.29, 0.717) is 5.56 Å². The summed E-state index contributed by atoms with van der Waals surface area (Å²) in [7, 11) is 0. The average molecular weight is 383 g/mol. The molecule has 0 radical (unpaired) electrons. The van der Waals surface area contributed by atoms with Gasteiger partial charge >= 0.3 is 0 Å². The van der Waals surface area contributed by atoms with Crippen molar-refractivity contribution in [3.8, 4) is 0 Å².